The fourth-order valence-corrected chi connectivity index (χ4v) is 1.87. The van der Waals surface area contributed by atoms with E-state index in [1.54, 1.807) is 0 Å². The zero-order chi connectivity index (χ0) is 12.7. The molecule has 0 N–H and O–H groups in total. The Bertz CT molecular complexity index is 406. The summed E-state index contributed by atoms with van der Waals surface area (Å²) >= 11 is 5.22. The summed E-state index contributed by atoms with van der Waals surface area (Å²) in [6, 6.07) is 0.647. The molecule has 1 aromatic rings. The van der Waals surface area contributed by atoms with Crippen molar-refractivity contribution < 1.29 is 26.3 Å². The zero-order valence-corrected chi connectivity index (χ0v) is 10.4. The molecule has 16 heavy (non-hydrogen) atoms. The van der Waals surface area contributed by atoms with E-state index in [1.807, 2.05) is 0 Å². The number of alkyl halides is 6. The minimum Gasteiger partial charge on any atom is -0.166 e. The molecule has 0 unspecified atom stereocenters. The molecule has 0 aliphatic carbocycles. The van der Waals surface area contributed by atoms with Crippen LogP contribution in [-0.4, -0.2) is 0 Å². The topological polar surface area (TPSA) is 0 Å². The van der Waals surface area contributed by atoms with Crippen molar-refractivity contribution in [3.63, 3.8) is 0 Å². The van der Waals surface area contributed by atoms with E-state index in [2.05, 4.69) is 31.9 Å². The summed E-state index contributed by atoms with van der Waals surface area (Å²) in [5.74, 6) is 0. The van der Waals surface area contributed by atoms with Gasteiger partial charge >= 0.3 is 12.4 Å². The van der Waals surface area contributed by atoms with Gasteiger partial charge in [0, 0.05) is 8.95 Å². The van der Waals surface area contributed by atoms with Crippen molar-refractivity contribution in [2.75, 3.05) is 0 Å². The monoisotopic (exact) mass is 370 g/mol. The molecule has 0 aliphatic heterocycles. The first-order valence-corrected chi connectivity index (χ1v) is 5.25. The predicted octanol–water partition coefficient (Wildman–Crippen LogP) is 5.25. The van der Waals surface area contributed by atoms with Crippen LogP contribution in [0.3, 0.4) is 0 Å². The summed E-state index contributed by atoms with van der Waals surface area (Å²) in [5.41, 5.74) is -2.72. The third-order valence-corrected chi connectivity index (χ3v) is 3.67. The minimum atomic E-state index is -4.84. The number of hydrogen-bond donors (Lipinski definition) is 0. The van der Waals surface area contributed by atoms with Crippen molar-refractivity contribution in [2.24, 2.45) is 0 Å². The van der Waals surface area contributed by atoms with E-state index < -0.39 is 28.0 Å². The SMILES string of the molecule is FC(F)(F)c1cc(Br)c(Br)c(C(F)(F)F)c1. The van der Waals surface area contributed by atoms with E-state index >= 15 is 0 Å². The molecular weight excluding hydrogens is 370 g/mol. The molecular formula is C8H2Br2F6. The van der Waals surface area contributed by atoms with Gasteiger partial charge in [-0.3, -0.25) is 0 Å². The lowest BCUT2D eigenvalue weighted by Gasteiger charge is -2.14. The molecule has 0 heterocycles. The van der Waals surface area contributed by atoms with E-state index in [-0.39, 0.29) is 10.5 Å². The Morgan fingerprint density at radius 3 is 1.69 bits per heavy atom. The van der Waals surface area contributed by atoms with Crippen LogP contribution in [0.4, 0.5) is 26.3 Å². The normalized spacial score (nSPS) is 13.0. The maximum Gasteiger partial charge on any atom is 0.417 e. The lowest BCUT2D eigenvalue weighted by atomic mass is 10.1. The van der Waals surface area contributed by atoms with Crippen LogP contribution in [0.1, 0.15) is 11.1 Å². The Balaban J connectivity index is 3.46. The summed E-state index contributed by atoms with van der Waals surface area (Å²) in [4.78, 5) is 0. The average molecular weight is 372 g/mol. The van der Waals surface area contributed by atoms with Gasteiger partial charge in [0.15, 0.2) is 0 Å². The highest BCUT2D eigenvalue weighted by molar-refractivity contribution is 9.13. The molecule has 0 atom stereocenters. The fourth-order valence-electron chi connectivity index (χ4n) is 0.959. The molecule has 0 saturated carbocycles. The molecule has 0 spiro atoms. The quantitative estimate of drug-likeness (QED) is 0.546. The van der Waals surface area contributed by atoms with Crippen molar-refractivity contribution in [3.8, 4) is 0 Å². The molecule has 0 amide bonds. The van der Waals surface area contributed by atoms with Crippen LogP contribution < -0.4 is 0 Å². The van der Waals surface area contributed by atoms with E-state index in [0.717, 1.165) is 0 Å². The maximum absolute atomic E-state index is 12.4. The van der Waals surface area contributed by atoms with Crippen molar-refractivity contribution in [1.29, 1.82) is 0 Å². The maximum atomic E-state index is 12.4. The van der Waals surface area contributed by atoms with Gasteiger partial charge in [0.2, 0.25) is 0 Å². The Morgan fingerprint density at radius 2 is 1.31 bits per heavy atom. The van der Waals surface area contributed by atoms with Crippen LogP contribution in [0.2, 0.25) is 0 Å². The molecule has 1 aromatic carbocycles. The van der Waals surface area contributed by atoms with Crippen LogP contribution in [0.15, 0.2) is 21.1 Å². The third-order valence-electron chi connectivity index (χ3n) is 1.66. The van der Waals surface area contributed by atoms with Crippen molar-refractivity contribution >= 4 is 31.9 Å². The smallest absolute Gasteiger partial charge is 0.166 e. The molecule has 0 fully saturated rings. The first-order valence-electron chi connectivity index (χ1n) is 3.67. The minimum absolute atomic E-state index is 0.0643. The van der Waals surface area contributed by atoms with Gasteiger partial charge in [0.05, 0.1) is 11.1 Å². The highest BCUT2D eigenvalue weighted by Crippen LogP contribution is 2.42. The van der Waals surface area contributed by atoms with Gasteiger partial charge < -0.3 is 0 Å². The average Bonchev–Trinajstić information content (AvgIpc) is 2.05. The summed E-state index contributed by atoms with van der Waals surface area (Å²) in [6.07, 6.45) is -9.66. The van der Waals surface area contributed by atoms with Gasteiger partial charge in [-0.15, -0.1) is 0 Å². The van der Waals surface area contributed by atoms with Crippen LogP contribution in [0.25, 0.3) is 0 Å². The molecule has 0 aliphatic rings. The van der Waals surface area contributed by atoms with Gasteiger partial charge in [-0.2, -0.15) is 26.3 Å². The Hall–Kier alpha value is -0.240. The zero-order valence-electron chi connectivity index (χ0n) is 7.18. The highest BCUT2D eigenvalue weighted by Gasteiger charge is 2.38. The fraction of sp³-hybridized carbons (Fsp3) is 0.250. The predicted molar refractivity (Wildman–Crippen MR) is 51.8 cm³/mol. The van der Waals surface area contributed by atoms with E-state index in [0.29, 0.717) is 6.07 Å². The summed E-state index contributed by atoms with van der Waals surface area (Å²) in [7, 11) is 0. The second kappa shape index (κ2) is 4.21. The summed E-state index contributed by atoms with van der Waals surface area (Å²) in [6.45, 7) is 0. The molecule has 1 rings (SSSR count). The van der Waals surface area contributed by atoms with E-state index in [1.165, 1.54) is 0 Å². The largest absolute Gasteiger partial charge is 0.417 e. The summed E-state index contributed by atoms with van der Waals surface area (Å²) in [5, 5.41) is 0. The first kappa shape index (κ1) is 13.8. The molecule has 0 saturated heterocycles. The summed E-state index contributed by atoms with van der Waals surface area (Å²) < 4.78 is 73.2. The van der Waals surface area contributed by atoms with Gasteiger partial charge in [0.1, 0.15) is 0 Å². The van der Waals surface area contributed by atoms with Crippen LogP contribution in [0.5, 0.6) is 0 Å². The number of halogens is 8. The molecule has 0 nitrogen and oxygen atoms in total. The van der Waals surface area contributed by atoms with Crippen LogP contribution >= 0.6 is 31.9 Å². The standard InChI is InChI=1S/C8H2Br2F6/c9-5-2-3(7(11,12)13)1-4(6(5)10)8(14,15)16/h1-2H. The molecule has 90 valence electrons. The number of benzene rings is 1. The van der Waals surface area contributed by atoms with Gasteiger partial charge in [-0.1, -0.05) is 0 Å². The van der Waals surface area contributed by atoms with Gasteiger partial charge in [-0.25, -0.2) is 0 Å². The lowest BCUT2D eigenvalue weighted by molar-refractivity contribution is -0.143. The van der Waals surface area contributed by atoms with Crippen LogP contribution in [0, 0.1) is 0 Å². The Kier molecular flexibility index (Phi) is 3.64. The second-order valence-electron chi connectivity index (χ2n) is 2.82. The molecule has 0 radical (unpaired) electrons. The van der Waals surface area contributed by atoms with Crippen molar-refractivity contribution in [2.45, 2.75) is 12.4 Å². The Labute approximate surface area is 103 Å². The molecule has 0 bridgehead atoms. The van der Waals surface area contributed by atoms with Gasteiger partial charge in [-0.05, 0) is 44.0 Å². The number of rotatable bonds is 0. The highest BCUT2D eigenvalue weighted by atomic mass is 79.9. The van der Waals surface area contributed by atoms with Gasteiger partial charge in [0.25, 0.3) is 0 Å². The van der Waals surface area contributed by atoms with Crippen molar-refractivity contribution in [3.05, 3.63) is 32.2 Å². The van der Waals surface area contributed by atoms with E-state index in [9.17, 15) is 26.3 Å². The molecule has 8 heteroatoms. The third kappa shape index (κ3) is 2.91. The number of hydrogen-bond acceptors (Lipinski definition) is 0. The van der Waals surface area contributed by atoms with Crippen molar-refractivity contribution in [1.82, 2.24) is 0 Å². The first-order chi connectivity index (χ1) is 7.03. The van der Waals surface area contributed by atoms with Crippen LogP contribution in [-0.2, 0) is 12.4 Å². The lowest BCUT2D eigenvalue weighted by Crippen LogP contribution is -2.11. The van der Waals surface area contributed by atoms with E-state index in [4.69, 9.17) is 0 Å². The second-order valence-corrected chi connectivity index (χ2v) is 4.46. The molecule has 0 aromatic heterocycles. The Morgan fingerprint density at radius 1 is 0.812 bits per heavy atom.